The van der Waals surface area contributed by atoms with E-state index >= 15 is 0 Å². The third-order valence-corrected chi connectivity index (χ3v) is 7.06. The van der Waals surface area contributed by atoms with E-state index in [4.69, 9.17) is 20.2 Å². The molecule has 2 fully saturated rings. The Morgan fingerprint density at radius 1 is 1.11 bits per heavy atom. The van der Waals surface area contributed by atoms with Gasteiger partial charge in [0.2, 0.25) is 0 Å². The van der Waals surface area contributed by atoms with E-state index in [2.05, 4.69) is 51.6 Å². The quantitative estimate of drug-likeness (QED) is 0.445. The highest BCUT2D eigenvalue weighted by Gasteiger charge is 2.19. The number of piperidine rings is 1. The first-order valence-corrected chi connectivity index (χ1v) is 12.6. The van der Waals surface area contributed by atoms with Gasteiger partial charge in [-0.15, -0.1) is 0 Å². The number of aromatic nitrogens is 3. The summed E-state index contributed by atoms with van der Waals surface area (Å²) in [6.07, 6.45) is 4.78. The second-order valence-corrected chi connectivity index (χ2v) is 9.47. The molecule has 2 aromatic heterocycles. The van der Waals surface area contributed by atoms with Gasteiger partial charge in [-0.2, -0.15) is 0 Å². The highest BCUT2D eigenvalue weighted by atomic mass is 16.5. The van der Waals surface area contributed by atoms with Crippen LogP contribution in [0.25, 0.3) is 27.8 Å². The monoisotopic (exact) mass is 472 g/mol. The molecule has 0 saturated carbocycles. The summed E-state index contributed by atoms with van der Waals surface area (Å²) in [7, 11) is 0. The molecule has 2 saturated heterocycles. The molecule has 2 aromatic carbocycles. The minimum absolute atomic E-state index is 0.300. The van der Waals surface area contributed by atoms with Crippen LogP contribution in [0.1, 0.15) is 19.3 Å². The van der Waals surface area contributed by atoms with E-state index in [-0.39, 0.29) is 0 Å². The van der Waals surface area contributed by atoms with Crippen LogP contribution in [-0.4, -0.2) is 66.1 Å². The number of fused-ring (bicyclic) bond motifs is 2. The van der Waals surface area contributed by atoms with E-state index in [1.54, 1.807) is 0 Å². The van der Waals surface area contributed by atoms with Crippen molar-refractivity contribution < 1.29 is 9.47 Å². The number of hydrogen-bond acceptors (Lipinski definition) is 7. The SMILES string of the molecule is NC1CCN(c2cccc3ccc(-n4cnc5cc(OCCC6COCCN6)ccc54)nc23)CC1. The number of anilines is 1. The lowest BCUT2D eigenvalue weighted by Crippen LogP contribution is -2.41. The Morgan fingerprint density at radius 2 is 2.03 bits per heavy atom. The van der Waals surface area contributed by atoms with Crippen LogP contribution in [0.4, 0.5) is 5.69 Å². The molecule has 1 unspecified atom stereocenters. The van der Waals surface area contributed by atoms with Crippen LogP contribution >= 0.6 is 0 Å². The summed E-state index contributed by atoms with van der Waals surface area (Å²) in [6.45, 7) is 5.02. The van der Waals surface area contributed by atoms with Crippen LogP contribution in [0, 0.1) is 0 Å². The van der Waals surface area contributed by atoms with Gasteiger partial charge in [-0.1, -0.05) is 12.1 Å². The Labute approximate surface area is 205 Å². The van der Waals surface area contributed by atoms with Crippen molar-refractivity contribution in [3.8, 4) is 11.6 Å². The summed E-state index contributed by atoms with van der Waals surface area (Å²) in [5.74, 6) is 1.69. The first-order chi connectivity index (χ1) is 17.2. The fraction of sp³-hybridized carbons (Fsp3) is 0.407. The maximum Gasteiger partial charge on any atom is 0.139 e. The highest BCUT2D eigenvalue weighted by Crippen LogP contribution is 2.29. The first-order valence-electron chi connectivity index (χ1n) is 12.6. The average Bonchev–Trinajstić information content (AvgIpc) is 3.32. The van der Waals surface area contributed by atoms with Crippen LogP contribution in [-0.2, 0) is 4.74 Å². The van der Waals surface area contributed by atoms with E-state index in [0.717, 1.165) is 85.6 Å². The molecule has 4 aromatic rings. The van der Waals surface area contributed by atoms with Crippen molar-refractivity contribution in [2.45, 2.75) is 31.3 Å². The molecule has 0 bridgehead atoms. The number of para-hydroxylation sites is 1. The first kappa shape index (κ1) is 22.3. The Hall–Kier alpha value is -3.20. The topological polar surface area (TPSA) is 90.5 Å². The van der Waals surface area contributed by atoms with Crippen LogP contribution in [0.2, 0.25) is 0 Å². The number of ether oxygens (including phenoxy) is 2. The van der Waals surface area contributed by atoms with Gasteiger partial charge in [-0.25, -0.2) is 9.97 Å². The van der Waals surface area contributed by atoms with Gasteiger partial charge in [0.25, 0.3) is 0 Å². The smallest absolute Gasteiger partial charge is 0.139 e. The number of hydrogen-bond donors (Lipinski definition) is 2. The Balaban J connectivity index is 1.23. The van der Waals surface area contributed by atoms with Crippen LogP contribution in [0.3, 0.4) is 0 Å². The second-order valence-electron chi connectivity index (χ2n) is 9.47. The van der Waals surface area contributed by atoms with Crippen molar-refractivity contribution in [1.29, 1.82) is 0 Å². The Morgan fingerprint density at radius 3 is 2.89 bits per heavy atom. The molecule has 0 aliphatic carbocycles. The molecule has 0 amide bonds. The van der Waals surface area contributed by atoms with Gasteiger partial charge in [0.05, 0.1) is 42.1 Å². The van der Waals surface area contributed by atoms with E-state index in [9.17, 15) is 0 Å². The second kappa shape index (κ2) is 9.81. The maximum atomic E-state index is 6.13. The molecular weight excluding hydrogens is 440 g/mol. The highest BCUT2D eigenvalue weighted by molar-refractivity contribution is 5.92. The summed E-state index contributed by atoms with van der Waals surface area (Å²) in [5.41, 5.74) is 10.2. The normalized spacial score (nSPS) is 19.5. The van der Waals surface area contributed by atoms with E-state index in [0.29, 0.717) is 18.7 Å². The zero-order valence-electron chi connectivity index (χ0n) is 19.9. The number of imidazole rings is 1. The minimum Gasteiger partial charge on any atom is -0.493 e. The van der Waals surface area contributed by atoms with Crippen molar-refractivity contribution in [3.63, 3.8) is 0 Å². The van der Waals surface area contributed by atoms with Gasteiger partial charge >= 0.3 is 0 Å². The lowest BCUT2D eigenvalue weighted by atomic mass is 10.0. The summed E-state index contributed by atoms with van der Waals surface area (Å²) >= 11 is 0. The van der Waals surface area contributed by atoms with Gasteiger partial charge in [0, 0.05) is 43.2 Å². The lowest BCUT2D eigenvalue weighted by Gasteiger charge is -2.32. The fourth-order valence-corrected chi connectivity index (χ4v) is 5.04. The van der Waals surface area contributed by atoms with E-state index in [1.165, 1.54) is 5.69 Å². The number of nitrogens with two attached hydrogens (primary N) is 1. The molecule has 182 valence electrons. The zero-order chi connectivity index (χ0) is 23.6. The van der Waals surface area contributed by atoms with E-state index in [1.807, 2.05) is 23.0 Å². The standard InChI is InChI=1S/C27H32N6O2/c28-20-8-12-32(13-9-20)25-3-1-2-19-4-7-26(31-27(19)25)33-18-30-23-16-22(5-6-24(23)33)35-14-10-21-17-34-15-11-29-21/h1-7,16,18,20-21,29H,8-15,17,28H2. The van der Waals surface area contributed by atoms with Crippen LogP contribution < -0.4 is 20.7 Å². The third-order valence-electron chi connectivity index (χ3n) is 7.06. The predicted octanol–water partition coefficient (Wildman–Crippen LogP) is 3.26. The molecule has 3 N–H and O–H groups in total. The molecular formula is C27H32N6O2. The van der Waals surface area contributed by atoms with Gasteiger partial charge in [0.15, 0.2) is 0 Å². The molecule has 8 heteroatoms. The van der Waals surface area contributed by atoms with E-state index < -0.39 is 0 Å². The number of rotatable bonds is 6. The summed E-state index contributed by atoms with van der Waals surface area (Å²) in [6, 6.07) is 17.3. The summed E-state index contributed by atoms with van der Waals surface area (Å²) in [5, 5.41) is 4.60. The zero-order valence-corrected chi connectivity index (χ0v) is 19.9. The number of nitrogens with zero attached hydrogens (tertiary/aromatic N) is 4. The third kappa shape index (κ3) is 4.69. The summed E-state index contributed by atoms with van der Waals surface area (Å²) in [4.78, 5) is 12.1. The molecule has 6 rings (SSSR count). The van der Waals surface area contributed by atoms with Crippen molar-refractivity contribution in [2.75, 3.05) is 44.4 Å². The number of morpholine rings is 1. The van der Waals surface area contributed by atoms with Gasteiger partial charge < -0.3 is 25.4 Å². The van der Waals surface area contributed by atoms with Crippen molar-refractivity contribution in [1.82, 2.24) is 19.9 Å². The van der Waals surface area contributed by atoms with Gasteiger partial charge in [-0.3, -0.25) is 4.57 Å². The Kier molecular flexibility index (Phi) is 6.24. The lowest BCUT2D eigenvalue weighted by molar-refractivity contribution is 0.0691. The van der Waals surface area contributed by atoms with Crippen LogP contribution in [0.5, 0.6) is 5.75 Å². The molecule has 35 heavy (non-hydrogen) atoms. The number of nitrogens with one attached hydrogen (secondary N) is 1. The predicted molar refractivity (Wildman–Crippen MR) is 139 cm³/mol. The van der Waals surface area contributed by atoms with Gasteiger partial charge in [-0.05, 0) is 49.6 Å². The molecule has 0 radical (unpaired) electrons. The minimum atomic E-state index is 0.300. The molecule has 1 atom stereocenters. The van der Waals surface area contributed by atoms with Gasteiger partial charge in [0.1, 0.15) is 17.9 Å². The molecule has 0 spiro atoms. The number of pyridine rings is 1. The maximum absolute atomic E-state index is 6.13. The molecule has 2 aliphatic heterocycles. The number of benzene rings is 2. The molecule has 8 nitrogen and oxygen atoms in total. The Bertz CT molecular complexity index is 1310. The van der Waals surface area contributed by atoms with Crippen LogP contribution in [0.15, 0.2) is 54.9 Å². The van der Waals surface area contributed by atoms with Crippen molar-refractivity contribution in [2.24, 2.45) is 5.73 Å². The molecule has 2 aliphatic rings. The average molecular weight is 473 g/mol. The fourth-order valence-electron chi connectivity index (χ4n) is 5.04. The van der Waals surface area contributed by atoms with Crippen molar-refractivity contribution in [3.05, 3.63) is 54.9 Å². The van der Waals surface area contributed by atoms with Crippen molar-refractivity contribution >= 4 is 27.6 Å². The molecule has 4 heterocycles. The largest absolute Gasteiger partial charge is 0.493 e. The summed E-state index contributed by atoms with van der Waals surface area (Å²) < 4.78 is 13.6.